The summed E-state index contributed by atoms with van der Waals surface area (Å²) in [4.78, 5) is 21.7. The zero-order valence-electron chi connectivity index (χ0n) is 19.0. The number of hydrogen-bond donors (Lipinski definition) is 0. The van der Waals surface area contributed by atoms with Crippen molar-refractivity contribution in [3.63, 3.8) is 0 Å². The molecule has 1 aliphatic rings. The number of piperazine rings is 1. The number of fused-ring (bicyclic) bond motifs is 3. The van der Waals surface area contributed by atoms with Gasteiger partial charge in [-0.15, -0.1) is 10.2 Å². The Hall–Kier alpha value is -4.33. The van der Waals surface area contributed by atoms with Crippen molar-refractivity contribution >= 4 is 28.4 Å². The normalized spacial score (nSPS) is 14.1. The van der Waals surface area contributed by atoms with Crippen molar-refractivity contribution in [2.45, 2.75) is 6.42 Å². The van der Waals surface area contributed by atoms with Crippen LogP contribution >= 0.6 is 0 Å². The predicted octanol–water partition coefficient (Wildman–Crippen LogP) is 3.97. The molecule has 7 nitrogen and oxygen atoms in total. The standard InChI is InChI=1S/C27H23FN6O/c28-22-12-6-4-10-20(22)26(35)32-14-16-33(17-15-32)27-29-23-13-7-5-11-21(23)25-31-30-24(34(25)27)18-19-8-2-1-3-9-19/h1-13H,14-18H2. The number of hydrogen-bond acceptors (Lipinski definition) is 5. The highest BCUT2D eigenvalue weighted by molar-refractivity contribution is 5.95. The maximum absolute atomic E-state index is 14.2. The number of benzene rings is 3. The van der Waals surface area contributed by atoms with Crippen molar-refractivity contribution in [3.05, 3.63) is 102 Å². The van der Waals surface area contributed by atoms with E-state index in [9.17, 15) is 9.18 Å². The number of amides is 1. The molecule has 8 heteroatoms. The van der Waals surface area contributed by atoms with Gasteiger partial charge in [0, 0.05) is 38.0 Å². The first kappa shape index (κ1) is 21.2. The number of nitrogens with zero attached hydrogens (tertiary/aromatic N) is 6. The highest BCUT2D eigenvalue weighted by atomic mass is 19.1. The van der Waals surface area contributed by atoms with Gasteiger partial charge in [0.25, 0.3) is 5.91 Å². The van der Waals surface area contributed by atoms with Crippen LogP contribution in [0.5, 0.6) is 0 Å². The van der Waals surface area contributed by atoms with Crippen LogP contribution in [0.1, 0.15) is 21.7 Å². The number of carbonyl (C=O) groups excluding carboxylic acids is 1. The second kappa shape index (κ2) is 8.79. The van der Waals surface area contributed by atoms with Gasteiger partial charge in [-0.3, -0.25) is 4.79 Å². The molecule has 3 aromatic carbocycles. The molecular weight excluding hydrogens is 443 g/mol. The Bertz CT molecular complexity index is 1530. The van der Waals surface area contributed by atoms with E-state index in [4.69, 9.17) is 4.98 Å². The van der Waals surface area contributed by atoms with Gasteiger partial charge in [0.15, 0.2) is 5.65 Å². The number of aromatic nitrogens is 4. The Kier molecular flexibility index (Phi) is 5.33. The first-order valence-electron chi connectivity index (χ1n) is 11.6. The zero-order chi connectivity index (χ0) is 23.8. The lowest BCUT2D eigenvalue weighted by molar-refractivity contribution is 0.0741. The summed E-state index contributed by atoms with van der Waals surface area (Å²) in [6.07, 6.45) is 0.626. The molecule has 1 aliphatic heterocycles. The monoisotopic (exact) mass is 466 g/mol. The second-order valence-electron chi connectivity index (χ2n) is 8.63. The third kappa shape index (κ3) is 3.86. The van der Waals surface area contributed by atoms with Crippen molar-refractivity contribution < 1.29 is 9.18 Å². The first-order chi connectivity index (χ1) is 17.2. The van der Waals surface area contributed by atoms with Gasteiger partial charge in [0.1, 0.15) is 11.6 Å². The molecule has 1 saturated heterocycles. The van der Waals surface area contributed by atoms with Gasteiger partial charge in [0.05, 0.1) is 11.1 Å². The summed E-state index contributed by atoms with van der Waals surface area (Å²) in [6.45, 7) is 2.09. The van der Waals surface area contributed by atoms with E-state index in [1.807, 2.05) is 46.9 Å². The molecule has 6 rings (SSSR count). The molecular formula is C27H23FN6O. The summed E-state index contributed by atoms with van der Waals surface area (Å²) in [6, 6.07) is 24.2. The van der Waals surface area contributed by atoms with Gasteiger partial charge in [-0.1, -0.05) is 54.6 Å². The lowest BCUT2D eigenvalue weighted by Gasteiger charge is -2.35. The van der Waals surface area contributed by atoms with E-state index in [1.54, 1.807) is 17.0 Å². The number of anilines is 1. The molecule has 35 heavy (non-hydrogen) atoms. The topological polar surface area (TPSA) is 66.6 Å². The molecule has 1 fully saturated rings. The number of para-hydroxylation sites is 1. The van der Waals surface area contributed by atoms with Crippen molar-refractivity contribution in [2.24, 2.45) is 0 Å². The fourth-order valence-electron chi connectivity index (χ4n) is 4.64. The second-order valence-corrected chi connectivity index (χ2v) is 8.63. The molecule has 0 N–H and O–H groups in total. The lowest BCUT2D eigenvalue weighted by atomic mass is 10.1. The molecule has 0 unspecified atom stereocenters. The van der Waals surface area contributed by atoms with E-state index in [2.05, 4.69) is 27.2 Å². The van der Waals surface area contributed by atoms with Gasteiger partial charge in [-0.2, -0.15) is 0 Å². The summed E-state index contributed by atoms with van der Waals surface area (Å²) in [7, 11) is 0. The lowest BCUT2D eigenvalue weighted by Crippen LogP contribution is -2.49. The average molecular weight is 467 g/mol. The van der Waals surface area contributed by atoms with Gasteiger partial charge in [-0.05, 0) is 29.8 Å². The summed E-state index contributed by atoms with van der Waals surface area (Å²) in [5, 5.41) is 10.0. The number of rotatable bonds is 4. The smallest absolute Gasteiger partial charge is 0.256 e. The third-order valence-electron chi connectivity index (χ3n) is 6.45. The summed E-state index contributed by atoms with van der Waals surface area (Å²) in [5.74, 6) is 0.790. The fraction of sp³-hybridized carbons (Fsp3) is 0.185. The minimum absolute atomic E-state index is 0.108. The molecule has 1 amide bonds. The van der Waals surface area contributed by atoms with E-state index in [-0.39, 0.29) is 11.5 Å². The maximum atomic E-state index is 14.2. The summed E-state index contributed by atoms with van der Waals surface area (Å²) in [5.41, 5.74) is 2.86. The van der Waals surface area contributed by atoms with Crippen LogP contribution in [0.2, 0.25) is 0 Å². The van der Waals surface area contributed by atoms with E-state index in [0.29, 0.717) is 32.6 Å². The van der Waals surface area contributed by atoms with Gasteiger partial charge < -0.3 is 9.80 Å². The third-order valence-corrected chi connectivity index (χ3v) is 6.45. The Labute approximate surface area is 201 Å². The number of carbonyl (C=O) groups is 1. The SMILES string of the molecule is O=C(c1ccccc1F)N1CCN(c2nc3ccccc3c3nnc(Cc4ccccc4)n23)CC1. The molecule has 0 radical (unpaired) electrons. The van der Waals surface area contributed by atoms with E-state index in [0.717, 1.165) is 33.9 Å². The van der Waals surface area contributed by atoms with Crippen LogP contribution < -0.4 is 4.90 Å². The van der Waals surface area contributed by atoms with E-state index >= 15 is 0 Å². The van der Waals surface area contributed by atoms with E-state index < -0.39 is 5.82 Å². The largest absolute Gasteiger partial charge is 0.338 e. The highest BCUT2D eigenvalue weighted by Gasteiger charge is 2.27. The molecule has 0 aliphatic carbocycles. The maximum Gasteiger partial charge on any atom is 0.256 e. The fourth-order valence-corrected chi connectivity index (χ4v) is 4.64. The Balaban J connectivity index is 1.35. The van der Waals surface area contributed by atoms with E-state index in [1.165, 1.54) is 12.1 Å². The zero-order valence-corrected chi connectivity index (χ0v) is 19.0. The molecule has 0 atom stereocenters. The van der Waals surface area contributed by atoms with Crippen LogP contribution in [0, 0.1) is 5.82 Å². The molecule has 174 valence electrons. The molecule has 0 spiro atoms. The first-order valence-corrected chi connectivity index (χ1v) is 11.6. The molecule has 2 aromatic heterocycles. The predicted molar refractivity (Wildman–Crippen MR) is 132 cm³/mol. The highest BCUT2D eigenvalue weighted by Crippen LogP contribution is 2.26. The van der Waals surface area contributed by atoms with Crippen LogP contribution in [0.4, 0.5) is 10.3 Å². The van der Waals surface area contributed by atoms with Crippen LogP contribution in [0.3, 0.4) is 0 Å². The Morgan fingerprint density at radius 2 is 1.54 bits per heavy atom. The molecule has 0 saturated carbocycles. The van der Waals surface area contributed by atoms with Crippen LogP contribution in [-0.4, -0.2) is 56.6 Å². The minimum Gasteiger partial charge on any atom is -0.338 e. The van der Waals surface area contributed by atoms with Crippen LogP contribution in [0.25, 0.3) is 16.6 Å². The van der Waals surface area contributed by atoms with Crippen LogP contribution in [0.15, 0.2) is 78.9 Å². The van der Waals surface area contributed by atoms with Crippen molar-refractivity contribution in [3.8, 4) is 0 Å². The van der Waals surface area contributed by atoms with Crippen molar-refractivity contribution in [2.75, 3.05) is 31.1 Å². The summed E-state index contributed by atoms with van der Waals surface area (Å²) >= 11 is 0. The van der Waals surface area contributed by atoms with Gasteiger partial charge in [-0.25, -0.2) is 13.8 Å². The van der Waals surface area contributed by atoms with Crippen LogP contribution in [-0.2, 0) is 6.42 Å². The van der Waals surface area contributed by atoms with Gasteiger partial charge in [0.2, 0.25) is 5.95 Å². The minimum atomic E-state index is -0.493. The molecule has 5 aromatic rings. The van der Waals surface area contributed by atoms with Gasteiger partial charge >= 0.3 is 0 Å². The molecule has 0 bridgehead atoms. The quantitative estimate of drug-likeness (QED) is 0.401. The average Bonchev–Trinajstić information content (AvgIpc) is 3.33. The Morgan fingerprint density at radius 1 is 0.829 bits per heavy atom. The summed E-state index contributed by atoms with van der Waals surface area (Å²) < 4.78 is 16.2. The Morgan fingerprint density at radius 3 is 2.34 bits per heavy atom. The molecule has 3 heterocycles. The number of halogens is 1. The van der Waals surface area contributed by atoms with Crippen molar-refractivity contribution in [1.82, 2.24) is 24.5 Å². The van der Waals surface area contributed by atoms with Crippen molar-refractivity contribution in [1.29, 1.82) is 0 Å².